The topological polar surface area (TPSA) is 123 Å². The molecular formula is C13H21N5O2. The van der Waals surface area contributed by atoms with Crippen LogP contribution in [0.1, 0.15) is 23.7 Å². The highest BCUT2D eigenvalue weighted by molar-refractivity contribution is 5.87. The van der Waals surface area contributed by atoms with Crippen molar-refractivity contribution in [1.82, 2.24) is 15.6 Å². The Morgan fingerprint density at radius 3 is 2.60 bits per heavy atom. The van der Waals surface area contributed by atoms with Gasteiger partial charge < -0.3 is 22.1 Å². The van der Waals surface area contributed by atoms with Gasteiger partial charge in [0.05, 0.1) is 6.54 Å². The fourth-order valence-corrected chi connectivity index (χ4v) is 1.85. The Morgan fingerprint density at radius 1 is 1.40 bits per heavy atom. The molecule has 0 aliphatic rings. The predicted molar refractivity (Wildman–Crippen MR) is 76.6 cm³/mol. The van der Waals surface area contributed by atoms with Gasteiger partial charge in [-0.15, -0.1) is 0 Å². The molecule has 7 heteroatoms. The molecule has 1 rings (SSSR count). The summed E-state index contributed by atoms with van der Waals surface area (Å²) < 4.78 is 0. The van der Waals surface area contributed by atoms with Gasteiger partial charge >= 0.3 is 0 Å². The minimum atomic E-state index is -0.631. The lowest BCUT2D eigenvalue weighted by atomic mass is 10.1. The van der Waals surface area contributed by atoms with Crippen LogP contribution in [0.5, 0.6) is 0 Å². The zero-order valence-electron chi connectivity index (χ0n) is 12.0. The number of anilines is 1. The Hall–Kier alpha value is -2.15. The zero-order valence-corrected chi connectivity index (χ0v) is 12.0. The number of nitrogens with zero attached hydrogens (tertiary/aromatic N) is 1. The van der Waals surface area contributed by atoms with Crippen molar-refractivity contribution in [3.63, 3.8) is 0 Å². The van der Waals surface area contributed by atoms with Crippen LogP contribution in [0.4, 0.5) is 5.82 Å². The maximum Gasteiger partial charge on any atom is 0.242 e. The van der Waals surface area contributed by atoms with Gasteiger partial charge in [-0.3, -0.25) is 9.59 Å². The van der Waals surface area contributed by atoms with Gasteiger partial charge in [-0.2, -0.15) is 0 Å². The molecule has 1 aromatic heterocycles. The molecule has 0 radical (unpaired) electrons. The number of aromatic nitrogens is 1. The van der Waals surface area contributed by atoms with Crippen molar-refractivity contribution in [2.75, 3.05) is 12.3 Å². The molecule has 0 spiro atoms. The molecule has 1 heterocycles. The largest absolute Gasteiger partial charge is 0.384 e. The summed E-state index contributed by atoms with van der Waals surface area (Å²) in [6.45, 7) is 5.55. The number of nitrogen functional groups attached to an aromatic ring is 1. The quantitative estimate of drug-likeness (QED) is 0.571. The maximum absolute atomic E-state index is 11.8. The molecule has 0 fully saturated rings. The molecule has 6 N–H and O–H groups in total. The normalized spacial score (nSPS) is 11.8. The van der Waals surface area contributed by atoms with Crippen molar-refractivity contribution in [1.29, 1.82) is 0 Å². The van der Waals surface area contributed by atoms with E-state index in [1.165, 1.54) is 0 Å². The van der Waals surface area contributed by atoms with E-state index < -0.39 is 6.04 Å². The van der Waals surface area contributed by atoms with Gasteiger partial charge in [-0.1, -0.05) is 0 Å². The van der Waals surface area contributed by atoms with E-state index in [1.54, 1.807) is 13.0 Å². The van der Waals surface area contributed by atoms with Crippen LogP contribution in [-0.4, -0.2) is 29.4 Å². The third-order valence-corrected chi connectivity index (χ3v) is 2.97. The first-order valence-corrected chi connectivity index (χ1v) is 6.35. The average molecular weight is 279 g/mol. The summed E-state index contributed by atoms with van der Waals surface area (Å²) >= 11 is 0. The lowest BCUT2D eigenvalue weighted by molar-refractivity contribution is -0.128. The Balaban J connectivity index is 2.63. The van der Waals surface area contributed by atoms with Crippen LogP contribution in [-0.2, 0) is 16.1 Å². The standard InChI is InChI=1S/C13H21N5O2/c1-7-4-11(15)17-8(2)10(7)6-16-13(20)9(3)18-12(19)5-14/h4,9H,5-6,14H2,1-3H3,(H2,15,17)(H,16,20)(H,18,19). The Kier molecular flexibility index (Phi) is 5.45. The molecule has 2 amide bonds. The van der Waals surface area contributed by atoms with Crippen LogP contribution < -0.4 is 22.1 Å². The number of aryl methyl sites for hydroxylation is 2. The molecule has 20 heavy (non-hydrogen) atoms. The van der Waals surface area contributed by atoms with Crippen molar-refractivity contribution in [3.05, 3.63) is 22.9 Å². The van der Waals surface area contributed by atoms with Crippen LogP contribution in [0, 0.1) is 13.8 Å². The summed E-state index contributed by atoms with van der Waals surface area (Å²) in [6.07, 6.45) is 0. The number of nitrogens with one attached hydrogen (secondary N) is 2. The van der Waals surface area contributed by atoms with Gasteiger partial charge in [-0.25, -0.2) is 4.98 Å². The minimum Gasteiger partial charge on any atom is -0.384 e. The number of hydrogen-bond acceptors (Lipinski definition) is 5. The molecule has 1 atom stereocenters. The first kappa shape index (κ1) is 15.9. The van der Waals surface area contributed by atoms with E-state index in [1.807, 2.05) is 13.8 Å². The van der Waals surface area contributed by atoms with Gasteiger partial charge in [0.1, 0.15) is 11.9 Å². The molecule has 0 aromatic carbocycles. The number of rotatable bonds is 5. The van der Waals surface area contributed by atoms with E-state index in [2.05, 4.69) is 15.6 Å². The van der Waals surface area contributed by atoms with Gasteiger partial charge in [-0.05, 0) is 38.0 Å². The number of amides is 2. The van der Waals surface area contributed by atoms with E-state index in [9.17, 15) is 9.59 Å². The van der Waals surface area contributed by atoms with Crippen molar-refractivity contribution in [3.8, 4) is 0 Å². The Labute approximate surface area is 118 Å². The monoisotopic (exact) mass is 279 g/mol. The minimum absolute atomic E-state index is 0.141. The van der Waals surface area contributed by atoms with Crippen molar-refractivity contribution in [2.24, 2.45) is 5.73 Å². The molecule has 0 saturated heterocycles. The van der Waals surface area contributed by atoms with Crippen LogP contribution in [0.15, 0.2) is 6.07 Å². The van der Waals surface area contributed by atoms with E-state index in [0.29, 0.717) is 12.4 Å². The van der Waals surface area contributed by atoms with Gasteiger partial charge in [0, 0.05) is 12.2 Å². The average Bonchev–Trinajstić information content (AvgIpc) is 2.36. The number of hydrogen-bond donors (Lipinski definition) is 4. The van der Waals surface area contributed by atoms with Crippen molar-refractivity contribution < 1.29 is 9.59 Å². The molecular weight excluding hydrogens is 258 g/mol. The fourth-order valence-electron chi connectivity index (χ4n) is 1.85. The summed E-state index contributed by atoms with van der Waals surface area (Å²) in [7, 11) is 0. The molecule has 1 unspecified atom stereocenters. The third kappa shape index (κ3) is 4.20. The molecule has 7 nitrogen and oxygen atoms in total. The summed E-state index contributed by atoms with van der Waals surface area (Å²) in [6, 6.07) is 1.13. The summed E-state index contributed by atoms with van der Waals surface area (Å²) in [4.78, 5) is 27.1. The van der Waals surface area contributed by atoms with Gasteiger partial charge in [0.25, 0.3) is 0 Å². The molecule has 0 aliphatic carbocycles. The summed E-state index contributed by atoms with van der Waals surface area (Å²) in [5.74, 6) is -0.185. The SMILES string of the molecule is Cc1cc(N)nc(C)c1CNC(=O)C(C)NC(=O)CN. The highest BCUT2D eigenvalue weighted by Crippen LogP contribution is 2.14. The number of carbonyl (C=O) groups excluding carboxylic acids is 2. The first-order valence-electron chi connectivity index (χ1n) is 6.35. The Morgan fingerprint density at radius 2 is 2.05 bits per heavy atom. The van der Waals surface area contributed by atoms with E-state index in [4.69, 9.17) is 11.5 Å². The smallest absolute Gasteiger partial charge is 0.242 e. The highest BCUT2D eigenvalue weighted by atomic mass is 16.2. The Bertz CT molecular complexity index is 492. The molecule has 0 aliphatic heterocycles. The lowest BCUT2D eigenvalue weighted by Gasteiger charge is -2.15. The number of carbonyl (C=O) groups is 2. The molecule has 110 valence electrons. The molecule has 0 bridgehead atoms. The highest BCUT2D eigenvalue weighted by Gasteiger charge is 2.15. The third-order valence-electron chi connectivity index (χ3n) is 2.97. The second kappa shape index (κ2) is 6.85. The van der Waals surface area contributed by atoms with Crippen molar-refractivity contribution >= 4 is 17.6 Å². The van der Waals surface area contributed by atoms with Gasteiger partial charge in [0.15, 0.2) is 0 Å². The van der Waals surface area contributed by atoms with Crippen LogP contribution in [0.25, 0.3) is 0 Å². The predicted octanol–water partition coefficient (Wildman–Crippen LogP) is -0.640. The van der Waals surface area contributed by atoms with E-state index >= 15 is 0 Å². The second-order valence-corrected chi connectivity index (χ2v) is 4.64. The first-order chi connectivity index (χ1) is 9.35. The van der Waals surface area contributed by atoms with E-state index in [-0.39, 0.29) is 18.4 Å². The van der Waals surface area contributed by atoms with Crippen LogP contribution in [0.3, 0.4) is 0 Å². The molecule has 1 aromatic rings. The van der Waals surface area contributed by atoms with Crippen LogP contribution in [0.2, 0.25) is 0 Å². The molecule has 0 saturated carbocycles. The fraction of sp³-hybridized carbons (Fsp3) is 0.462. The van der Waals surface area contributed by atoms with Crippen molar-refractivity contribution in [2.45, 2.75) is 33.4 Å². The zero-order chi connectivity index (χ0) is 15.3. The van der Waals surface area contributed by atoms with Crippen LogP contribution >= 0.6 is 0 Å². The number of nitrogens with two attached hydrogens (primary N) is 2. The second-order valence-electron chi connectivity index (χ2n) is 4.64. The van der Waals surface area contributed by atoms with E-state index in [0.717, 1.165) is 16.8 Å². The lowest BCUT2D eigenvalue weighted by Crippen LogP contribution is -2.46. The maximum atomic E-state index is 11.8. The summed E-state index contributed by atoms with van der Waals surface area (Å²) in [5, 5.41) is 5.25. The number of pyridine rings is 1. The van der Waals surface area contributed by atoms with Gasteiger partial charge in [0.2, 0.25) is 11.8 Å². The summed E-state index contributed by atoms with van der Waals surface area (Å²) in [5.41, 5.74) is 13.5.